The molecule has 3 rings (SSSR count). The zero-order valence-electron chi connectivity index (χ0n) is 18.8. The van der Waals surface area contributed by atoms with Crippen molar-refractivity contribution in [3.63, 3.8) is 0 Å². The van der Waals surface area contributed by atoms with Crippen molar-refractivity contribution in [3.05, 3.63) is 82.7 Å². The van der Waals surface area contributed by atoms with Gasteiger partial charge in [0, 0.05) is 12.8 Å². The monoisotopic (exact) mass is 568 g/mol. The van der Waals surface area contributed by atoms with Crippen molar-refractivity contribution in [2.45, 2.75) is 38.7 Å². The maximum atomic E-state index is 13.7. The first-order valence-corrected chi connectivity index (χ1v) is 11.6. The van der Waals surface area contributed by atoms with Crippen molar-refractivity contribution >= 4 is 41.7 Å². The highest BCUT2D eigenvalue weighted by atomic mass is 127. The predicted octanol–water partition coefficient (Wildman–Crippen LogP) is 4.74. The molecule has 172 valence electrons. The number of hydrogen-bond donors (Lipinski definition) is 2. The molecule has 0 saturated carbocycles. The minimum absolute atomic E-state index is 0. The topological polar surface area (TPSA) is 67.1 Å². The molecule has 9 heteroatoms. The predicted molar refractivity (Wildman–Crippen MR) is 141 cm³/mol. The molecule has 3 aromatic rings. The lowest BCUT2D eigenvalue weighted by Gasteiger charge is -2.19. The molecule has 0 spiro atoms. The number of aliphatic imine (C=N–C) groups is 1. The molecule has 0 saturated heterocycles. The summed E-state index contributed by atoms with van der Waals surface area (Å²) in [5, 5.41) is 15.2. The number of rotatable bonds is 8. The fourth-order valence-electron chi connectivity index (χ4n) is 3.15. The summed E-state index contributed by atoms with van der Waals surface area (Å²) in [7, 11) is 1.94. The van der Waals surface area contributed by atoms with Gasteiger partial charge < -0.3 is 15.2 Å². The maximum Gasteiger partial charge on any atom is 0.192 e. The molecule has 32 heavy (non-hydrogen) atoms. The minimum atomic E-state index is -0.219. The Kier molecular flexibility index (Phi) is 10.4. The summed E-state index contributed by atoms with van der Waals surface area (Å²) >= 11 is 1.67. The molecular formula is C23H30FIN6S. The van der Waals surface area contributed by atoms with Crippen molar-refractivity contribution in [2.75, 3.05) is 6.26 Å². The highest BCUT2D eigenvalue weighted by molar-refractivity contribution is 14.0. The van der Waals surface area contributed by atoms with Crippen LogP contribution in [0, 0.1) is 12.7 Å². The molecule has 1 unspecified atom stereocenters. The number of aryl methyl sites for hydroxylation is 1. The van der Waals surface area contributed by atoms with E-state index in [1.807, 2.05) is 49.1 Å². The van der Waals surface area contributed by atoms with Crippen LogP contribution in [0.25, 0.3) is 0 Å². The van der Waals surface area contributed by atoms with Gasteiger partial charge in [0.25, 0.3) is 0 Å². The molecule has 0 aliphatic heterocycles. The fourth-order valence-corrected chi connectivity index (χ4v) is 3.73. The van der Waals surface area contributed by atoms with E-state index in [9.17, 15) is 4.39 Å². The lowest BCUT2D eigenvalue weighted by molar-refractivity contribution is 0.625. The van der Waals surface area contributed by atoms with Crippen LogP contribution in [-0.2, 0) is 25.9 Å². The molecule has 1 atom stereocenters. The van der Waals surface area contributed by atoms with Crippen LogP contribution in [0.4, 0.5) is 4.39 Å². The molecule has 0 aliphatic carbocycles. The first-order valence-electron chi connectivity index (χ1n) is 10.2. The number of nitrogens with zero attached hydrogens (tertiary/aromatic N) is 4. The molecule has 0 aliphatic rings. The summed E-state index contributed by atoms with van der Waals surface area (Å²) in [5.41, 5.74) is 3.14. The number of aromatic nitrogens is 3. The van der Waals surface area contributed by atoms with Gasteiger partial charge in [-0.1, -0.05) is 36.4 Å². The van der Waals surface area contributed by atoms with Crippen molar-refractivity contribution in [3.8, 4) is 0 Å². The Balaban J connectivity index is 0.00000363. The van der Waals surface area contributed by atoms with Crippen LogP contribution in [0.3, 0.4) is 0 Å². The first kappa shape index (κ1) is 26.1. The Labute approximate surface area is 210 Å². The van der Waals surface area contributed by atoms with Crippen LogP contribution in [0.5, 0.6) is 0 Å². The van der Waals surface area contributed by atoms with Gasteiger partial charge in [0.15, 0.2) is 11.8 Å². The van der Waals surface area contributed by atoms with Crippen LogP contribution in [-0.4, -0.2) is 27.0 Å². The van der Waals surface area contributed by atoms with Gasteiger partial charge in [0.05, 0.1) is 19.1 Å². The molecule has 0 bridgehead atoms. The minimum Gasteiger partial charge on any atom is -0.350 e. The summed E-state index contributed by atoms with van der Waals surface area (Å²) in [5.74, 6) is 2.87. The van der Waals surface area contributed by atoms with E-state index in [2.05, 4.69) is 39.9 Å². The largest absolute Gasteiger partial charge is 0.350 e. The molecular weight excluding hydrogens is 538 g/mol. The Morgan fingerprint density at radius 1 is 1.16 bits per heavy atom. The molecule has 6 nitrogen and oxygen atoms in total. The number of hydrogen-bond acceptors (Lipinski definition) is 4. The number of nitrogens with one attached hydrogen (secondary N) is 2. The average Bonchev–Trinajstić information content (AvgIpc) is 3.09. The third-order valence-electron chi connectivity index (χ3n) is 5.13. The summed E-state index contributed by atoms with van der Waals surface area (Å²) in [6, 6.07) is 15.2. The molecule has 2 N–H and O–H groups in total. The fraction of sp³-hybridized carbons (Fsp3) is 0.348. The Bertz CT molecular complexity index is 1020. The van der Waals surface area contributed by atoms with Crippen LogP contribution in [0.1, 0.15) is 41.3 Å². The third-order valence-corrected chi connectivity index (χ3v) is 5.72. The second-order valence-electron chi connectivity index (χ2n) is 7.36. The summed E-state index contributed by atoms with van der Waals surface area (Å²) in [6.07, 6.45) is 2.01. The van der Waals surface area contributed by atoms with Gasteiger partial charge in [0.1, 0.15) is 11.6 Å². The standard InChI is InChI=1S/C23H29FN6S.HI/c1-16(18-8-6-5-7-9-18)27-23(26-14-22-29-28-17(2)30(22)3)25-13-19-10-11-21(24)12-20(19)15-31-4;/h5-12,16H,13-15H2,1-4H3,(H2,25,26,27);1H. The lowest BCUT2D eigenvalue weighted by atomic mass is 10.1. The van der Waals surface area contributed by atoms with E-state index in [0.717, 1.165) is 34.1 Å². The van der Waals surface area contributed by atoms with E-state index >= 15 is 0 Å². The zero-order chi connectivity index (χ0) is 22.2. The zero-order valence-corrected chi connectivity index (χ0v) is 21.9. The first-order chi connectivity index (χ1) is 15.0. The number of benzene rings is 2. The van der Waals surface area contributed by atoms with Gasteiger partial charge in [-0.05, 0) is 48.9 Å². The number of thioether (sulfide) groups is 1. The highest BCUT2D eigenvalue weighted by Crippen LogP contribution is 2.18. The smallest absolute Gasteiger partial charge is 0.192 e. The van der Waals surface area contributed by atoms with E-state index in [1.165, 1.54) is 6.07 Å². The number of halogens is 2. The Morgan fingerprint density at radius 3 is 2.56 bits per heavy atom. The number of guanidine groups is 1. The van der Waals surface area contributed by atoms with Crippen molar-refractivity contribution < 1.29 is 4.39 Å². The van der Waals surface area contributed by atoms with Gasteiger partial charge in [0.2, 0.25) is 0 Å². The SMILES string of the molecule is CSCc1cc(F)ccc1CN=C(NCc1nnc(C)n1C)NC(C)c1ccccc1.I. The van der Waals surface area contributed by atoms with E-state index in [4.69, 9.17) is 4.99 Å². The highest BCUT2D eigenvalue weighted by Gasteiger charge is 2.11. The van der Waals surface area contributed by atoms with E-state index in [1.54, 1.807) is 17.8 Å². The molecule has 0 radical (unpaired) electrons. The molecule has 0 fully saturated rings. The molecule has 1 heterocycles. The Hall–Kier alpha value is -2.14. The van der Waals surface area contributed by atoms with Crippen molar-refractivity contribution in [1.29, 1.82) is 0 Å². The maximum absolute atomic E-state index is 13.7. The van der Waals surface area contributed by atoms with Gasteiger partial charge in [-0.2, -0.15) is 11.8 Å². The second kappa shape index (κ2) is 12.8. The van der Waals surface area contributed by atoms with Gasteiger partial charge in [-0.3, -0.25) is 0 Å². The Morgan fingerprint density at radius 2 is 1.91 bits per heavy atom. The van der Waals surface area contributed by atoms with Gasteiger partial charge >= 0.3 is 0 Å². The van der Waals surface area contributed by atoms with Gasteiger partial charge in [-0.25, -0.2) is 9.38 Å². The van der Waals surface area contributed by atoms with Gasteiger partial charge in [-0.15, -0.1) is 34.2 Å². The average molecular weight is 569 g/mol. The summed E-state index contributed by atoms with van der Waals surface area (Å²) < 4.78 is 15.6. The van der Waals surface area contributed by atoms with E-state index < -0.39 is 0 Å². The molecule has 2 aromatic carbocycles. The molecule has 1 aromatic heterocycles. The quantitative estimate of drug-likeness (QED) is 0.234. The second-order valence-corrected chi connectivity index (χ2v) is 8.23. The van der Waals surface area contributed by atoms with Crippen LogP contribution in [0.15, 0.2) is 53.5 Å². The van der Waals surface area contributed by atoms with Crippen LogP contribution >= 0.6 is 35.7 Å². The summed E-state index contributed by atoms with van der Waals surface area (Å²) in [6.45, 7) is 4.95. The van der Waals surface area contributed by atoms with Crippen LogP contribution in [0.2, 0.25) is 0 Å². The van der Waals surface area contributed by atoms with Crippen LogP contribution < -0.4 is 10.6 Å². The van der Waals surface area contributed by atoms with E-state index in [-0.39, 0.29) is 35.8 Å². The summed E-state index contributed by atoms with van der Waals surface area (Å²) in [4.78, 5) is 4.79. The third kappa shape index (κ3) is 7.19. The van der Waals surface area contributed by atoms with Crippen molar-refractivity contribution in [1.82, 2.24) is 25.4 Å². The van der Waals surface area contributed by atoms with Crippen molar-refractivity contribution in [2.24, 2.45) is 12.0 Å². The van der Waals surface area contributed by atoms with E-state index in [0.29, 0.717) is 19.0 Å². The normalized spacial score (nSPS) is 12.2. The lowest BCUT2D eigenvalue weighted by Crippen LogP contribution is -2.39. The molecule has 0 amide bonds.